The standard InChI is InChI=1S/C15H20BrNO/c16-12-5-3-11(4-6-12)10-18-14-9-13(17)15(14)7-1-2-8-15/h3-6,13-14H,1-2,7-10,17H2. The van der Waals surface area contributed by atoms with Gasteiger partial charge in [-0.15, -0.1) is 0 Å². The van der Waals surface area contributed by atoms with E-state index in [2.05, 4.69) is 40.2 Å². The van der Waals surface area contributed by atoms with Crippen molar-refractivity contribution in [3.63, 3.8) is 0 Å². The fourth-order valence-electron chi connectivity index (χ4n) is 3.52. The summed E-state index contributed by atoms with van der Waals surface area (Å²) in [6.45, 7) is 0.715. The topological polar surface area (TPSA) is 35.2 Å². The highest BCUT2D eigenvalue weighted by Crippen LogP contribution is 2.53. The highest BCUT2D eigenvalue weighted by Gasteiger charge is 2.55. The van der Waals surface area contributed by atoms with Crippen LogP contribution in [0.15, 0.2) is 28.7 Å². The first kappa shape index (κ1) is 12.6. The molecule has 0 aromatic heterocycles. The summed E-state index contributed by atoms with van der Waals surface area (Å²) < 4.78 is 7.23. The zero-order chi connectivity index (χ0) is 12.6. The lowest BCUT2D eigenvalue weighted by Crippen LogP contribution is -2.60. The Kier molecular flexibility index (Phi) is 3.48. The predicted molar refractivity (Wildman–Crippen MR) is 76.2 cm³/mol. The van der Waals surface area contributed by atoms with E-state index >= 15 is 0 Å². The minimum atomic E-state index is 0.315. The van der Waals surface area contributed by atoms with Gasteiger partial charge in [-0.2, -0.15) is 0 Å². The van der Waals surface area contributed by atoms with Gasteiger partial charge in [-0.05, 0) is 37.0 Å². The van der Waals surface area contributed by atoms with Crippen molar-refractivity contribution in [1.82, 2.24) is 0 Å². The highest BCUT2D eigenvalue weighted by molar-refractivity contribution is 9.10. The molecule has 98 valence electrons. The third-order valence-electron chi connectivity index (χ3n) is 4.75. The number of hydrogen-bond donors (Lipinski definition) is 1. The first-order valence-electron chi connectivity index (χ1n) is 6.82. The van der Waals surface area contributed by atoms with Crippen molar-refractivity contribution >= 4 is 15.9 Å². The van der Waals surface area contributed by atoms with Gasteiger partial charge >= 0.3 is 0 Å². The van der Waals surface area contributed by atoms with Crippen LogP contribution in [-0.2, 0) is 11.3 Å². The van der Waals surface area contributed by atoms with Crippen LogP contribution in [0, 0.1) is 5.41 Å². The Balaban J connectivity index is 1.59. The van der Waals surface area contributed by atoms with Gasteiger partial charge < -0.3 is 10.5 Å². The Morgan fingerprint density at radius 1 is 1.22 bits per heavy atom. The molecular formula is C15H20BrNO. The average Bonchev–Trinajstić information content (AvgIpc) is 2.88. The van der Waals surface area contributed by atoms with E-state index in [0.29, 0.717) is 24.2 Å². The highest BCUT2D eigenvalue weighted by atomic mass is 79.9. The molecule has 1 spiro atoms. The molecule has 2 aliphatic carbocycles. The second kappa shape index (κ2) is 4.95. The molecule has 2 saturated carbocycles. The second-order valence-electron chi connectivity index (χ2n) is 5.71. The number of hydrogen-bond acceptors (Lipinski definition) is 2. The largest absolute Gasteiger partial charge is 0.373 e. The first-order valence-corrected chi connectivity index (χ1v) is 7.62. The molecule has 0 heterocycles. The summed E-state index contributed by atoms with van der Waals surface area (Å²) in [6.07, 6.45) is 6.60. The number of nitrogens with two attached hydrogens (primary N) is 1. The van der Waals surface area contributed by atoms with Gasteiger partial charge in [-0.25, -0.2) is 0 Å². The average molecular weight is 310 g/mol. The summed E-state index contributed by atoms with van der Waals surface area (Å²) in [4.78, 5) is 0. The molecule has 0 aliphatic heterocycles. The Hall–Kier alpha value is -0.380. The lowest BCUT2D eigenvalue weighted by atomic mass is 9.61. The van der Waals surface area contributed by atoms with Crippen LogP contribution in [0.1, 0.15) is 37.7 Å². The number of benzene rings is 1. The van der Waals surface area contributed by atoms with Crippen LogP contribution < -0.4 is 5.73 Å². The van der Waals surface area contributed by atoms with Gasteiger partial charge in [-0.1, -0.05) is 40.9 Å². The van der Waals surface area contributed by atoms with E-state index in [4.69, 9.17) is 10.5 Å². The van der Waals surface area contributed by atoms with Crippen molar-refractivity contribution in [2.75, 3.05) is 0 Å². The Bertz CT molecular complexity index is 411. The van der Waals surface area contributed by atoms with Crippen molar-refractivity contribution in [1.29, 1.82) is 0 Å². The van der Waals surface area contributed by atoms with Crippen LogP contribution in [0.5, 0.6) is 0 Å². The van der Waals surface area contributed by atoms with Crippen molar-refractivity contribution in [3.05, 3.63) is 34.3 Å². The first-order chi connectivity index (χ1) is 8.71. The van der Waals surface area contributed by atoms with Crippen LogP contribution >= 0.6 is 15.9 Å². The second-order valence-corrected chi connectivity index (χ2v) is 6.62. The Morgan fingerprint density at radius 2 is 1.89 bits per heavy atom. The molecule has 2 aliphatic rings. The molecule has 3 heteroatoms. The smallest absolute Gasteiger partial charge is 0.0720 e. The van der Waals surface area contributed by atoms with Crippen LogP contribution in [0.4, 0.5) is 0 Å². The molecular weight excluding hydrogens is 290 g/mol. The fraction of sp³-hybridized carbons (Fsp3) is 0.600. The Morgan fingerprint density at radius 3 is 2.50 bits per heavy atom. The molecule has 0 amide bonds. The Labute approximate surface area is 117 Å². The summed E-state index contributed by atoms with van der Waals surface area (Å²) in [7, 11) is 0. The molecule has 2 nitrogen and oxygen atoms in total. The van der Waals surface area contributed by atoms with E-state index in [1.807, 2.05) is 0 Å². The molecule has 0 radical (unpaired) electrons. The molecule has 1 aromatic carbocycles. The quantitative estimate of drug-likeness (QED) is 0.925. The summed E-state index contributed by atoms with van der Waals surface area (Å²) in [5.41, 5.74) is 7.77. The molecule has 0 saturated heterocycles. The summed E-state index contributed by atoms with van der Waals surface area (Å²) in [5.74, 6) is 0. The molecule has 2 fully saturated rings. The van der Waals surface area contributed by atoms with Crippen LogP contribution in [-0.4, -0.2) is 12.1 Å². The molecule has 3 rings (SSSR count). The van der Waals surface area contributed by atoms with E-state index in [0.717, 1.165) is 10.9 Å². The molecule has 2 N–H and O–H groups in total. The molecule has 2 unspecified atom stereocenters. The maximum absolute atomic E-state index is 6.21. The SMILES string of the molecule is NC1CC(OCc2ccc(Br)cc2)C12CCCC2. The monoisotopic (exact) mass is 309 g/mol. The van der Waals surface area contributed by atoms with Gasteiger partial charge in [0.05, 0.1) is 12.7 Å². The molecule has 2 atom stereocenters. The van der Waals surface area contributed by atoms with Gasteiger partial charge in [0.2, 0.25) is 0 Å². The minimum Gasteiger partial charge on any atom is -0.373 e. The van der Waals surface area contributed by atoms with Crippen LogP contribution in [0.25, 0.3) is 0 Å². The summed E-state index contributed by atoms with van der Waals surface area (Å²) in [6, 6.07) is 8.73. The van der Waals surface area contributed by atoms with Gasteiger partial charge in [0.15, 0.2) is 0 Å². The summed E-state index contributed by atoms with van der Waals surface area (Å²) >= 11 is 3.45. The third-order valence-corrected chi connectivity index (χ3v) is 5.28. The summed E-state index contributed by atoms with van der Waals surface area (Å²) in [5, 5.41) is 0. The lowest BCUT2D eigenvalue weighted by molar-refractivity contribution is -0.130. The lowest BCUT2D eigenvalue weighted by Gasteiger charge is -2.52. The van der Waals surface area contributed by atoms with Crippen molar-refractivity contribution < 1.29 is 4.74 Å². The normalized spacial score (nSPS) is 29.4. The third kappa shape index (κ3) is 2.13. The number of halogens is 1. The number of ether oxygens (including phenoxy) is 1. The van der Waals surface area contributed by atoms with Crippen molar-refractivity contribution in [2.24, 2.45) is 11.1 Å². The molecule has 1 aromatic rings. The van der Waals surface area contributed by atoms with E-state index in [1.165, 1.54) is 31.2 Å². The predicted octanol–water partition coefficient (Wildman–Crippen LogP) is 3.63. The van der Waals surface area contributed by atoms with Crippen LogP contribution in [0.3, 0.4) is 0 Å². The van der Waals surface area contributed by atoms with Crippen molar-refractivity contribution in [3.8, 4) is 0 Å². The molecule has 0 bridgehead atoms. The zero-order valence-electron chi connectivity index (χ0n) is 10.6. The van der Waals surface area contributed by atoms with Gasteiger partial charge in [0.25, 0.3) is 0 Å². The van der Waals surface area contributed by atoms with Gasteiger partial charge in [0, 0.05) is 15.9 Å². The van der Waals surface area contributed by atoms with Gasteiger partial charge in [-0.3, -0.25) is 0 Å². The maximum Gasteiger partial charge on any atom is 0.0720 e. The molecule has 18 heavy (non-hydrogen) atoms. The van der Waals surface area contributed by atoms with E-state index in [1.54, 1.807) is 0 Å². The number of rotatable bonds is 3. The zero-order valence-corrected chi connectivity index (χ0v) is 12.2. The fourth-order valence-corrected chi connectivity index (χ4v) is 3.78. The minimum absolute atomic E-state index is 0.315. The maximum atomic E-state index is 6.21. The van der Waals surface area contributed by atoms with E-state index in [-0.39, 0.29) is 0 Å². The van der Waals surface area contributed by atoms with E-state index in [9.17, 15) is 0 Å². The van der Waals surface area contributed by atoms with Crippen LogP contribution in [0.2, 0.25) is 0 Å². The van der Waals surface area contributed by atoms with E-state index < -0.39 is 0 Å². The van der Waals surface area contributed by atoms with Crippen molar-refractivity contribution in [2.45, 2.75) is 50.9 Å². The van der Waals surface area contributed by atoms with Gasteiger partial charge in [0.1, 0.15) is 0 Å².